The lowest BCUT2D eigenvalue weighted by Gasteiger charge is -2.50. The van der Waals surface area contributed by atoms with Crippen LogP contribution in [0.3, 0.4) is 0 Å². The van der Waals surface area contributed by atoms with Crippen molar-refractivity contribution in [3.63, 3.8) is 0 Å². The molecule has 0 radical (unpaired) electrons. The van der Waals surface area contributed by atoms with Gasteiger partial charge >= 0.3 is 5.97 Å². The molecule has 0 spiro atoms. The fourth-order valence-electron chi connectivity index (χ4n) is 5.49. The zero-order chi connectivity index (χ0) is 22.3. The van der Waals surface area contributed by atoms with Gasteiger partial charge in [0.15, 0.2) is 0 Å². The molecule has 0 aliphatic carbocycles. The van der Waals surface area contributed by atoms with Crippen LogP contribution in [0.15, 0.2) is 33.4 Å². The number of hydrogen-bond donors (Lipinski definition) is 1. The van der Waals surface area contributed by atoms with Gasteiger partial charge in [0, 0.05) is 13.1 Å². The molecule has 1 N–H and O–H groups in total. The molecule has 0 bridgehead atoms. The number of hydrogen-bond acceptors (Lipinski definition) is 7. The van der Waals surface area contributed by atoms with Crippen molar-refractivity contribution >= 4 is 33.3 Å². The van der Waals surface area contributed by atoms with Crippen LogP contribution >= 0.6 is 15.9 Å². The highest BCUT2D eigenvalue weighted by Gasteiger charge is 2.54. The van der Waals surface area contributed by atoms with E-state index in [0.717, 1.165) is 40.9 Å². The summed E-state index contributed by atoms with van der Waals surface area (Å²) in [7, 11) is 4.54. The quantitative estimate of drug-likeness (QED) is 0.384. The van der Waals surface area contributed by atoms with Crippen molar-refractivity contribution in [3.8, 4) is 5.75 Å². The molecule has 4 rings (SSSR count). The van der Waals surface area contributed by atoms with Crippen LogP contribution in [0.25, 0.3) is 0 Å². The Balaban J connectivity index is 1.74. The molecule has 3 aliphatic heterocycles. The number of methoxy groups -OCH3 is 3. The number of esters is 1. The number of fused-ring (bicyclic) bond motifs is 5. The maximum Gasteiger partial charge on any atom is 0.337 e. The van der Waals surface area contributed by atoms with Gasteiger partial charge in [0.05, 0.1) is 60.6 Å². The number of benzene rings is 1. The molecule has 3 heterocycles. The summed E-state index contributed by atoms with van der Waals surface area (Å²) in [6, 6.07) is 3.73. The Labute approximate surface area is 191 Å². The largest absolute Gasteiger partial charge is 0.504 e. The maximum absolute atomic E-state index is 12.5. The summed E-state index contributed by atoms with van der Waals surface area (Å²) < 4.78 is 16.7. The first kappa shape index (κ1) is 22.3. The van der Waals surface area contributed by atoms with E-state index in [-0.39, 0.29) is 23.8 Å². The Morgan fingerprint density at radius 2 is 2.16 bits per heavy atom. The molecule has 1 aromatic carbocycles. The second kappa shape index (κ2) is 8.56. The number of piperidine rings is 2. The predicted octanol–water partition coefficient (Wildman–Crippen LogP) is 3.56. The Morgan fingerprint density at radius 1 is 1.39 bits per heavy atom. The van der Waals surface area contributed by atoms with Crippen molar-refractivity contribution in [1.29, 1.82) is 0 Å². The van der Waals surface area contributed by atoms with Gasteiger partial charge in [-0.25, -0.2) is 4.79 Å². The third kappa shape index (κ3) is 3.49. The van der Waals surface area contributed by atoms with Crippen molar-refractivity contribution in [2.24, 2.45) is 16.8 Å². The topological polar surface area (TPSA) is 80.6 Å². The minimum absolute atomic E-state index is 0.0407. The number of aliphatic imine (C=N–C) groups is 1. The molecule has 1 aromatic rings. The van der Waals surface area contributed by atoms with Gasteiger partial charge in [0.2, 0.25) is 0 Å². The summed E-state index contributed by atoms with van der Waals surface area (Å²) in [4.78, 5) is 19.8. The normalized spacial score (nSPS) is 30.1. The van der Waals surface area contributed by atoms with E-state index in [0.29, 0.717) is 24.2 Å². The monoisotopic (exact) mass is 492 g/mol. The van der Waals surface area contributed by atoms with E-state index >= 15 is 0 Å². The molecule has 0 aromatic heterocycles. The second-order valence-electron chi connectivity index (χ2n) is 8.40. The zero-order valence-corrected chi connectivity index (χ0v) is 19.9. The van der Waals surface area contributed by atoms with Crippen molar-refractivity contribution in [1.82, 2.24) is 4.90 Å². The first-order valence-electron chi connectivity index (χ1n) is 10.6. The molecular formula is C23H29BrN2O5. The van der Waals surface area contributed by atoms with Gasteiger partial charge in [-0.1, -0.05) is 13.3 Å². The molecule has 0 amide bonds. The predicted molar refractivity (Wildman–Crippen MR) is 121 cm³/mol. The first-order valence-corrected chi connectivity index (χ1v) is 11.4. The van der Waals surface area contributed by atoms with Crippen molar-refractivity contribution in [3.05, 3.63) is 34.0 Å². The summed E-state index contributed by atoms with van der Waals surface area (Å²) in [6.07, 6.45) is 3.67. The molecule has 31 heavy (non-hydrogen) atoms. The smallest absolute Gasteiger partial charge is 0.337 e. The highest BCUT2D eigenvalue weighted by Crippen LogP contribution is 2.53. The number of carbonyl (C=O) groups is 1. The summed E-state index contributed by atoms with van der Waals surface area (Å²) in [5.41, 5.74) is 1.59. The van der Waals surface area contributed by atoms with Crippen LogP contribution in [-0.4, -0.2) is 62.1 Å². The first-order chi connectivity index (χ1) is 14.9. The number of ether oxygens (including phenoxy) is 3. The van der Waals surface area contributed by atoms with Gasteiger partial charge in [-0.2, -0.15) is 0 Å². The molecule has 4 atom stereocenters. The van der Waals surface area contributed by atoms with E-state index in [1.54, 1.807) is 14.2 Å². The van der Waals surface area contributed by atoms with Gasteiger partial charge in [0.25, 0.3) is 0 Å². The zero-order valence-electron chi connectivity index (χ0n) is 18.4. The highest BCUT2D eigenvalue weighted by molar-refractivity contribution is 9.10. The lowest BCUT2D eigenvalue weighted by molar-refractivity contribution is -0.137. The van der Waals surface area contributed by atoms with E-state index in [1.807, 2.05) is 12.1 Å². The Morgan fingerprint density at radius 3 is 2.81 bits per heavy atom. The Bertz CT molecular complexity index is 946. The summed E-state index contributed by atoms with van der Waals surface area (Å²) in [5.74, 6) is 0.504. The second-order valence-corrected chi connectivity index (χ2v) is 9.26. The van der Waals surface area contributed by atoms with Crippen LogP contribution in [0.1, 0.15) is 31.7 Å². The lowest BCUT2D eigenvalue weighted by Crippen LogP contribution is -2.60. The van der Waals surface area contributed by atoms with E-state index in [1.165, 1.54) is 13.4 Å². The van der Waals surface area contributed by atoms with Crippen molar-refractivity contribution in [2.75, 3.05) is 34.4 Å². The standard InChI is InChI=1S/C23H29BrN2O5/c1-5-13-11-26-9-8-23(28)19-17(7-6-16(24)20(19)30-3)25-21(23)18(26)10-14(13)15(12-29-2)22(27)31-4/h6-7,12-14,18,28H,5,8-11H2,1-4H3/b15-12-/t13-,14+,18+,23+/m1/s1. The molecular weight excluding hydrogens is 464 g/mol. The molecule has 168 valence electrons. The van der Waals surface area contributed by atoms with Gasteiger partial charge in [-0.15, -0.1) is 0 Å². The molecule has 0 saturated carbocycles. The number of carbonyl (C=O) groups excluding carboxylic acids is 1. The molecule has 7 nitrogen and oxygen atoms in total. The fourth-order valence-corrected chi connectivity index (χ4v) is 5.99. The molecule has 3 aliphatic rings. The molecule has 2 fully saturated rings. The minimum Gasteiger partial charge on any atom is -0.504 e. The minimum atomic E-state index is -1.17. The SMILES string of the molecule is CC[C@@H]1CN2CC[C@@]3(O)C(=Nc4ccc(Br)c(OC)c43)[C@@H]2C[C@@H]1/C(=C/OC)C(=O)OC. The maximum atomic E-state index is 12.5. The van der Waals surface area contributed by atoms with Gasteiger partial charge < -0.3 is 19.3 Å². The Hall–Kier alpha value is -1.90. The van der Waals surface area contributed by atoms with Crippen molar-refractivity contribution in [2.45, 2.75) is 37.8 Å². The average Bonchev–Trinajstić information content (AvgIpc) is 3.09. The van der Waals surface area contributed by atoms with Crippen LogP contribution in [0.4, 0.5) is 5.69 Å². The van der Waals surface area contributed by atoms with Crippen molar-refractivity contribution < 1.29 is 24.1 Å². The molecule has 2 saturated heterocycles. The van der Waals surface area contributed by atoms with Gasteiger partial charge in [0.1, 0.15) is 11.4 Å². The number of aliphatic hydroxyl groups is 1. The van der Waals surface area contributed by atoms with Crippen LogP contribution < -0.4 is 4.74 Å². The van der Waals surface area contributed by atoms with Crippen LogP contribution in [-0.2, 0) is 19.9 Å². The number of rotatable bonds is 5. The van der Waals surface area contributed by atoms with Gasteiger partial charge in [-0.3, -0.25) is 9.89 Å². The van der Waals surface area contributed by atoms with E-state index < -0.39 is 5.60 Å². The van der Waals surface area contributed by atoms with Crippen LogP contribution in [0.2, 0.25) is 0 Å². The van der Waals surface area contributed by atoms with E-state index in [4.69, 9.17) is 19.2 Å². The van der Waals surface area contributed by atoms with Crippen LogP contribution in [0.5, 0.6) is 5.75 Å². The number of halogens is 1. The highest BCUT2D eigenvalue weighted by atomic mass is 79.9. The number of nitrogens with zero attached hydrogens (tertiary/aromatic N) is 2. The van der Waals surface area contributed by atoms with E-state index in [2.05, 4.69) is 27.8 Å². The third-order valence-corrected chi connectivity index (χ3v) is 7.62. The van der Waals surface area contributed by atoms with E-state index in [9.17, 15) is 9.90 Å². The van der Waals surface area contributed by atoms with Crippen LogP contribution in [0, 0.1) is 11.8 Å². The third-order valence-electron chi connectivity index (χ3n) is 6.99. The lowest BCUT2D eigenvalue weighted by atomic mass is 9.70. The summed E-state index contributed by atoms with van der Waals surface area (Å²) >= 11 is 3.54. The Kier molecular flexibility index (Phi) is 6.16. The average molecular weight is 493 g/mol. The summed E-state index contributed by atoms with van der Waals surface area (Å²) in [5, 5.41) is 11.9. The summed E-state index contributed by atoms with van der Waals surface area (Å²) in [6.45, 7) is 3.72. The molecule has 0 unspecified atom stereocenters. The van der Waals surface area contributed by atoms with Gasteiger partial charge in [-0.05, 0) is 52.7 Å². The fraction of sp³-hybridized carbons (Fsp3) is 0.565. The molecule has 8 heteroatoms.